The van der Waals surface area contributed by atoms with Gasteiger partial charge >= 0.3 is 5.97 Å². The number of aliphatic carboxylic acids is 1. The number of aromatic hydroxyl groups is 1. The van der Waals surface area contributed by atoms with Crippen molar-refractivity contribution in [2.45, 2.75) is 18.9 Å². The molecule has 0 bridgehead atoms. The van der Waals surface area contributed by atoms with Crippen LogP contribution in [-0.2, 0) is 4.79 Å². The lowest BCUT2D eigenvalue weighted by molar-refractivity contribution is -0.138. The first-order valence-corrected chi connectivity index (χ1v) is 6.15. The highest BCUT2D eigenvalue weighted by Gasteiger charge is 2.16. The summed E-state index contributed by atoms with van der Waals surface area (Å²) in [5.74, 6) is -0.304. The molecule has 0 heterocycles. The maximum absolute atomic E-state index is 10.4. The summed E-state index contributed by atoms with van der Waals surface area (Å²) < 4.78 is 0. The molecule has 19 heavy (non-hydrogen) atoms. The van der Waals surface area contributed by atoms with Crippen molar-refractivity contribution in [2.24, 2.45) is 11.7 Å². The lowest BCUT2D eigenvalue weighted by Gasteiger charge is -2.14. The van der Waals surface area contributed by atoms with Crippen LogP contribution in [0.15, 0.2) is 54.6 Å². The molecule has 0 radical (unpaired) electrons. The summed E-state index contributed by atoms with van der Waals surface area (Å²) in [4.78, 5) is 10.4. The SMILES string of the molecule is N[C@@H](CC1C=CC=CC1)C(=O)O.Oc1ccccc1. The third kappa shape index (κ3) is 6.43. The Morgan fingerprint density at radius 3 is 2.42 bits per heavy atom. The highest BCUT2D eigenvalue weighted by molar-refractivity contribution is 5.73. The molecule has 0 fully saturated rings. The molecule has 1 aromatic rings. The summed E-state index contributed by atoms with van der Waals surface area (Å²) in [6.45, 7) is 0. The molecule has 2 atom stereocenters. The van der Waals surface area contributed by atoms with Gasteiger partial charge in [-0.25, -0.2) is 0 Å². The molecule has 0 saturated heterocycles. The van der Waals surface area contributed by atoms with Crippen molar-refractivity contribution >= 4 is 5.97 Å². The molecule has 0 aliphatic heterocycles. The molecular weight excluding hydrogens is 242 g/mol. The minimum atomic E-state index is -0.919. The van der Waals surface area contributed by atoms with Crippen LogP contribution in [0.3, 0.4) is 0 Å². The first-order chi connectivity index (χ1) is 9.09. The topological polar surface area (TPSA) is 83.6 Å². The number of para-hydroxylation sites is 1. The van der Waals surface area contributed by atoms with Gasteiger partial charge in [0.05, 0.1) is 0 Å². The Labute approximate surface area is 112 Å². The Hall–Kier alpha value is -2.07. The summed E-state index contributed by atoms with van der Waals surface area (Å²) >= 11 is 0. The Morgan fingerprint density at radius 1 is 1.32 bits per heavy atom. The second-order valence-corrected chi connectivity index (χ2v) is 4.32. The van der Waals surface area contributed by atoms with Gasteiger partial charge in [-0.15, -0.1) is 0 Å². The Morgan fingerprint density at radius 2 is 2.00 bits per heavy atom. The quantitative estimate of drug-likeness (QED) is 0.779. The van der Waals surface area contributed by atoms with Crippen molar-refractivity contribution in [2.75, 3.05) is 0 Å². The molecule has 0 amide bonds. The average molecular weight is 261 g/mol. The van der Waals surface area contributed by atoms with Crippen LogP contribution in [0.5, 0.6) is 5.75 Å². The number of hydrogen-bond donors (Lipinski definition) is 3. The van der Waals surface area contributed by atoms with Gasteiger partial charge in [-0.3, -0.25) is 4.79 Å². The van der Waals surface area contributed by atoms with E-state index in [0.29, 0.717) is 18.1 Å². The summed E-state index contributed by atoms with van der Waals surface area (Å²) in [6, 6.07) is 7.98. The lowest BCUT2D eigenvalue weighted by atomic mass is 9.94. The van der Waals surface area contributed by atoms with Crippen molar-refractivity contribution in [3.63, 3.8) is 0 Å². The van der Waals surface area contributed by atoms with E-state index in [-0.39, 0.29) is 0 Å². The highest BCUT2D eigenvalue weighted by Crippen LogP contribution is 2.16. The fourth-order valence-corrected chi connectivity index (χ4v) is 1.66. The number of allylic oxidation sites excluding steroid dienone is 4. The van der Waals surface area contributed by atoms with Crippen molar-refractivity contribution in [1.29, 1.82) is 0 Å². The second kappa shape index (κ2) is 8.11. The van der Waals surface area contributed by atoms with E-state index < -0.39 is 12.0 Å². The molecule has 1 unspecified atom stereocenters. The van der Waals surface area contributed by atoms with Crippen LogP contribution in [0.25, 0.3) is 0 Å². The van der Waals surface area contributed by atoms with Crippen LogP contribution in [-0.4, -0.2) is 22.2 Å². The van der Waals surface area contributed by atoms with Crippen molar-refractivity contribution in [1.82, 2.24) is 0 Å². The number of hydrogen-bond acceptors (Lipinski definition) is 3. The number of carboxylic acids is 1. The van der Waals surface area contributed by atoms with Gasteiger partial charge in [0, 0.05) is 0 Å². The van der Waals surface area contributed by atoms with E-state index in [2.05, 4.69) is 0 Å². The van der Waals surface area contributed by atoms with Gasteiger partial charge in [0.25, 0.3) is 0 Å². The second-order valence-electron chi connectivity index (χ2n) is 4.32. The lowest BCUT2D eigenvalue weighted by Crippen LogP contribution is -2.32. The number of phenolic OH excluding ortho intramolecular Hbond substituents is 1. The van der Waals surface area contributed by atoms with Crippen LogP contribution >= 0.6 is 0 Å². The number of rotatable bonds is 3. The van der Waals surface area contributed by atoms with Crippen LogP contribution in [0.4, 0.5) is 0 Å². The number of carbonyl (C=O) groups is 1. The first kappa shape index (κ1) is 15.0. The maximum atomic E-state index is 10.4. The molecule has 0 saturated carbocycles. The van der Waals surface area contributed by atoms with E-state index in [1.54, 1.807) is 24.3 Å². The first-order valence-electron chi connectivity index (χ1n) is 6.15. The summed E-state index contributed by atoms with van der Waals surface area (Å²) in [5.41, 5.74) is 5.39. The molecular formula is C15H19NO3. The fourth-order valence-electron chi connectivity index (χ4n) is 1.66. The number of carboxylic acid groups (broad SMARTS) is 1. The Kier molecular flexibility index (Phi) is 6.39. The smallest absolute Gasteiger partial charge is 0.320 e. The predicted octanol–water partition coefficient (Wildman–Crippen LogP) is 2.31. The van der Waals surface area contributed by atoms with Gasteiger partial charge in [0.1, 0.15) is 11.8 Å². The van der Waals surface area contributed by atoms with Crippen molar-refractivity contribution in [3.8, 4) is 5.75 Å². The minimum Gasteiger partial charge on any atom is -0.508 e. The molecule has 4 nitrogen and oxygen atoms in total. The van der Waals surface area contributed by atoms with E-state index in [0.717, 1.165) is 6.42 Å². The Balaban J connectivity index is 0.000000218. The van der Waals surface area contributed by atoms with Crippen LogP contribution in [0.2, 0.25) is 0 Å². The van der Waals surface area contributed by atoms with E-state index in [1.165, 1.54) is 0 Å². The zero-order valence-corrected chi connectivity index (χ0v) is 10.6. The van der Waals surface area contributed by atoms with Crippen molar-refractivity contribution < 1.29 is 15.0 Å². The zero-order valence-electron chi connectivity index (χ0n) is 10.6. The fraction of sp³-hybridized carbons (Fsp3) is 0.267. The normalized spacial score (nSPS) is 18.3. The maximum Gasteiger partial charge on any atom is 0.320 e. The largest absolute Gasteiger partial charge is 0.508 e. The van der Waals surface area contributed by atoms with Gasteiger partial charge in [-0.2, -0.15) is 0 Å². The van der Waals surface area contributed by atoms with Crippen LogP contribution in [0, 0.1) is 5.92 Å². The number of nitrogens with two attached hydrogens (primary N) is 1. The molecule has 0 spiro atoms. The summed E-state index contributed by atoms with van der Waals surface area (Å²) in [7, 11) is 0. The predicted molar refractivity (Wildman–Crippen MR) is 74.7 cm³/mol. The highest BCUT2D eigenvalue weighted by atomic mass is 16.4. The summed E-state index contributed by atoms with van der Waals surface area (Å²) in [5, 5.41) is 17.2. The van der Waals surface area contributed by atoms with Gasteiger partial charge in [0.15, 0.2) is 0 Å². The molecule has 1 aliphatic carbocycles. The van der Waals surface area contributed by atoms with Crippen LogP contribution < -0.4 is 5.73 Å². The van der Waals surface area contributed by atoms with Gasteiger partial charge in [-0.1, -0.05) is 42.5 Å². The third-order valence-electron chi connectivity index (χ3n) is 2.70. The standard InChI is InChI=1S/C9H13NO2.C6H6O/c10-8(9(11)12)6-7-4-2-1-3-5-7;7-6-4-2-1-3-5-6/h1-4,7-8H,5-6,10H2,(H,11,12);1-5,7H/t7?,8-;/m0./s1. The molecule has 1 aliphatic rings. The molecule has 4 N–H and O–H groups in total. The van der Waals surface area contributed by atoms with Gasteiger partial charge in [0.2, 0.25) is 0 Å². The zero-order chi connectivity index (χ0) is 14.1. The number of phenols is 1. The number of benzene rings is 1. The monoisotopic (exact) mass is 261 g/mol. The van der Waals surface area contributed by atoms with E-state index in [1.807, 2.05) is 30.4 Å². The molecule has 102 valence electrons. The molecule has 2 rings (SSSR count). The van der Waals surface area contributed by atoms with E-state index >= 15 is 0 Å². The van der Waals surface area contributed by atoms with E-state index in [4.69, 9.17) is 15.9 Å². The average Bonchev–Trinajstić information content (AvgIpc) is 2.41. The minimum absolute atomic E-state index is 0.293. The molecule has 0 aromatic heterocycles. The Bertz CT molecular complexity index is 440. The van der Waals surface area contributed by atoms with E-state index in [9.17, 15) is 4.79 Å². The molecule has 4 heteroatoms. The van der Waals surface area contributed by atoms with Crippen molar-refractivity contribution in [3.05, 3.63) is 54.6 Å². The third-order valence-corrected chi connectivity index (χ3v) is 2.70. The van der Waals surface area contributed by atoms with Gasteiger partial charge in [-0.05, 0) is 30.9 Å². The molecule has 1 aromatic carbocycles. The van der Waals surface area contributed by atoms with Gasteiger partial charge < -0.3 is 15.9 Å². The summed E-state index contributed by atoms with van der Waals surface area (Å²) in [6.07, 6.45) is 9.35. The van der Waals surface area contributed by atoms with Crippen LogP contribution in [0.1, 0.15) is 12.8 Å².